The summed E-state index contributed by atoms with van der Waals surface area (Å²) in [5.74, 6) is 0.0580. The van der Waals surface area contributed by atoms with Gasteiger partial charge in [0, 0.05) is 38.6 Å². The third-order valence-corrected chi connectivity index (χ3v) is 3.54. The molecule has 1 heterocycles. The van der Waals surface area contributed by atoms with Gasteiger partial charge in [0.15, 0.2) is 0 Å². The number of nitrogens with zero attached hydrogens (tertiary/aromatic N) is 1. The largest absolute Gasteiger partial charge is 0.444 e. The minimum absolute atomic E-state index is 0.0580. The number of ether oxygens (including phenoxy) is 1. The number of nitrogens with one attached hydrogen (secondary N) is 2. The van der Waals surface area contributed by atoms with Gasteiger partial charge >= 0.3 is 6.09 Å². The number of hydrogen-bond acceptors (Lipinski definition) is 4. The minimum Gasteiger partial charge on any atom is -0.444 e. The molecule has 0 aromatic heterocycles. The van der Waals surface area contributed by atoms with Crippen molar-refractivity contribution in [1.29, 1.82) is 0 Å². The fourth-order valence-electron chi connectivity index (χ4n) is 2.53. The van der Waals surface area contributed by atoms with E-state index in [1.807, 2.05) is 32.6 Å². The van der Waals surface area contributed by atoms with E-state index in [0.717, 1.165) is 25.8 Å². The van der Waals surface area contributed by atoms with E-state index in [-0.39, 0.29) is 18.0 Å². The van der Waals surface area contributed by atoms with E-state index in [1.165, 1.54) is 0 Å². The Labute approximate surface area is 134 Å². The third-order valence-electron chi connectivity index (χ3n) is 3.54. The summed E-state index contributed by atoms with van der Waals surface area (Å²) in [6.07, 6.45) is 3.36. The molecule has 0 radical (unpaired) electrons. The van der Waals surface area contributed by atoms with Crippen molar-refractivity contribution in [2.24, 2.45) is 0 Å². The molecule has 0 saturated carbocycles. The summed E-state index contributed by atoms with van der Waals surface area (Å²) >= 11 is 0. The molecule has 6 nitrogen and oxygen atoms in total. The topological polar surface area (TPSA) is 70.7 Å². The number of piperidine rings is 1. The van der Waals surface area contributed by atoms with Gasteiger partial charge in [0.05, 0.1) is 0 Å². The quantitative estimate of drug-likeness (QED) is 0.735. The van der Waals surface area contributed by atoms with E-state index >= 15 is 0 Å². The number of amides is 2. The highest BCUT2D eigenvalue weighted by atomic mass is 16.6. The van der Waals surface area contributed by atoms with Gasteiger partial charge in [-0.15, -0.1) is 0 Å². The lowest BCUT2D eigenvalue weighted by Crippen LogP contribution is -2.50. The molecule has 1 saturated heterocycles. The van der Waals surface area contributed by atoms with Crippen molar-refractivity contribution in [3.8, 4) is 0 Å². The Bertz CT molecular complexity index is 366. The smallest absolute Gasteiger partial charge is 0.410 e. The third kappa shape index (κ3) is 7.11. The van der Waals surface area contributed by atoms with Crippen molar-refractivity contribution in [3.05, 3.63) is 0 Å². The molecular formula is C16H31N3O3. The fraction of sp³-hybridized carbons (Fsp3) is 0.875. The number of hydrogen-bond donors (Lipinski definition) is 2. The minimum atomic E-state index is -0.468. The first-order valence-corrected chi connectivity index (χ1v) is 8.30. The highest BCUT2D eigenvalue weighted by Gasteiger charge is 2.30. The molecule has 0 bridgehead atoms. The Morgan fingerprint density at radius 2 is 2.00 bits per heavy atom. The molecule has 0 aromatic carbocycles. The first kappa shape index (κ1) is 18.7. The maximum Gasteiger partial charge on any atom is 0.410 e. The second-order valence-electron chi connectivity index (χ2n) is 6.73. The van der Waals surface area contributed by atoms with Gasteiger partial charge in [0.2, 0.25) is 5.91 Å². The van der Waals surface area contributed by atoms with E-state index in [1.54, 1.807) is 0 Å². The molecule has 1 fully saturated rings. The predicted molar refractivity (Wildman–Crippen MR) is 86.7 cm³/mol. The molecule has 2 amide bonds. The van der Waals surface area contributed by atoms with Gasteiger partial charge in [0.1, 0.15) is 5.60 Å². The van der Waals surface area contributed by atoms with Crippen molar-refractivity contribution in [3.63, 3.8) is 0 Å². The summed E-state index contributed by atoms with van der Waals surface area (Å²) in [5, 5.41) is 6.06. The highest BCUT2D eigenvalue weighted by molar-refractivity contribution is 5.75. The van der Waals surface area contributed by atoms with Gasteiger partial charge in [-0.05, 0) is 47.0 Å². The van der Waals surface area contributed by atoms with Crippen LogP contribution >= 0.6 is 0 Å². The number of carbonyl (C=O) groups is 2. The van der Waals surface area contributed by atoms with Crippen LogP contribution in [0.1, 0.15) is 53.4 Å². The summed E-state index contributed by atoms with van der Waals surface area (Å²) < 4.78 is 5.48. The van der Waals surface area contributed by atoms with Crippen LogP contribution in [0.3, 0.4) is 0 Å². The van der Waals surface area contributed by atoms with Gasteiger partial charge in [-0.25, -0.2) is 4.79 Å². The average molecular weight is 313 g/mol. The van der Waals surface area contributed by atoms with Crippen LogP contribution in [0.2, 0.25) is 0 Å². The molecule has 1 rings (SSSR count). The van der Waals surface area contributed by atoms with E-state index in [4.69, 9.17) is 4.74 Å². The van der Waals surface area contributed by atoms with E-state index in [2.05, 4.69) is 10.6 Å². The highest BCUT2D eigenvalue weighted by Crippen LogP contribution is 2.19. The lowest BCUT2D eigenvalue weighted by Gasteiger charge is -2.36. The molecule has 1 unspecified atom stereocenters. The summed E-state index contributed by atoms with van der Waals surface area (Å²) in [7, 11) is 0. The van der Waals surface area contributed by atoms with Crippen LogP contribution in [-0.2, 0) is 9.53 Å². The Morgan fingerprint density at radius 1 is 1.27 bits per heavy atom. The van der Waals surface area contributed by atoms with Gasteiger partial charge in [-0.1, -0.05) is 0 Å². The number of rotatable bonds is 6. The molecule has 1 aliphatic heterocycles. The van der Waals surface area contributed by atoms with E-state index < -0.39 is 5.60 Å². The summed E-state index contributed by atoms with van der Waals surface area (Å²) in [6, 6.07) is 0.151. The normalized spacial score (nSPS) is 18.9. The summed E-state index contributed by atoms with van der Waals surface area (Å²) in [6.45, 7) is 10.3. The van der Waals surface area contributed by atoms with Gasteiger partial charge in [-0.2, -0.15) is 0 Å². The maximum atomic E-state index is 12.3. The molecule has 1 aliphatic rings. The number of likely N-dealkylation sites (tertiary alicyclic amines) is 1. The molecular weight excluding hydrogens is 282 g/mol. The van der Waals surface area contributed by atoms with Crippen LogP contribution in [0, 0.1) is 0 Å². The lowest BCUT2D eigenvalue weighted by molar-refractivity contribution is -0.120. The van der Waals surface area contributed by atoms with Crippen LogP contribution in [0.5, 0.6) is 0 Å². The molecule has 2 N–H and O–H groups in total. The van der Waals surface area contributed by atoms with Crippen molar-refractivity contribution >= 4 is 12.0 Å². The Morgan fingerprint density at radius 3 is 2.64 bits per heavy atom. The van der Waals surface area contributed by atoms with Crippen LogP contribution in [0.15, 0.2) is 0 Å². The van der Waals surface area contributed by atoms with Crippen LogP contribution in [0.4, 0.5) is 4.79 Å². The first-order valence-electron chi connectivity index (χ1n) is 8.30. The standard InChI is InChI=1S/C16H31N3O3/c1-5-18-14(20)9-10-17-12-13-8-6-7-11-19(13)15(21)22-16(2,3)4/h13,17H,5-12H2,1-4H3,(H,18,20). The van der Waals surface area contributed by atoms with Gasteiger partial charge in [0.25, 0.3) is 0 Å². The van der Waals surface area contributed by atoms with Crippen molar-refractivity contribution < 1.29 is 14.3 Å². The predicted octanol–water partition coefficient (Wildman–Crippen LogP) is 1.89. The Balaban J connectivity index is 2.38. The molecule has 0 aromatic rings. The zero-order chi connectivity index (χ0) is 16.6. The Kier molecular flexibility index (Phi) is 7.65. The van der Waals surface area contributed by atoms with E-state index in [0.29, 0.717) is 26.1 Å². The van der Waals surface area contributed by atoms with E-state index in [9.17, 15) is 9.59 Å². The van der Waals surface area contributed by atoms with Crippen molar-refractivity contribution in [2.75, 3.05) is 26.2 Å². The lowest BCUT2D eigenvalue weighted by atomic mass is 10.0. The molecule has 0 spiro atoms. The molecule has 0 aliphatic carbocycles. The fourth-order valence-corrected chi connectivity index (χ4v) is 2.53. The van der Waals surface area contributed by atoms with Crippen LogP contribution in [0.25, 0.3) is 0 Å². The van der Waals surface area contributed by atoms with Gasteiger partial charge in [-0.3, -0.25) is 4.79 Å². The zero-order valence-corrected chi connectivity index (χ0v) is 14.4. The molecule has 22 heavy (non-hydrogen) atoms. The summed E-state index contributed by atoms with van der Waals surface area (Å²) in [5.41, 5.74) is -0.468. The SMILES string of the molecule is CCNC(=O)CCNCC1CCCCN1C(=O)OC(C)(C)C. The Hall–Kier alpha value is -1.30. The van der Waals surface area contributed by atoms with Gasteiger partial charge < -0.3 is 20.3 Å². The zero-order valence-electron chi connectivity index (χ0n) is 14.4. The molecule has 128 valence electrons. The first-order chi connectivity index (χ1) is 10.3. The van der Waals surface area contributed by atoms with Crippen LogP contribution in [-0.4, -0.2) is 54.7 Å². The second-order valence-corrected chi connectivity index (χ2v) is 6.73. The van der Waals surface area contributed by atoms with Crippen molar-refractivity contribution in [2.45, 2.75) is 65.0 Å². The number of carbonyl (C=O) groups excluding carboxylic acids is 2. The summed E-state index contributed by atoms with van der Waals surface area (Å²) in [4.78, 5) is 25.5. The maximum absolute atomic E-state index is 12.3. The molecule has 6 heteroatoms. The monoisotopic (exact) mass is 313 g/mol. The average Bonchev–Trinajstić information content (AvgIpc) is 2.42. The van der Waals surface area contributed by atoms with Crippen molar-refractivity contribution in [1.82, 2.24) is 15.5 Å². The van der Waals surface area contributed by atoms with Crippen LogP contribution < -0.4 is 10.6 Å². The molecule has 1 atom stereocenters. The second kappa shape index (κ2) is 8.98.